The average molecular weight is 350 g/mol. The molecule has 0 fully saturated rings. The van der Waals surface area contributed by atoms with Crippen molar-refractivity contribution in [1.82, 2.24) is 5.43 Å². The second kappa shape index (κ2) is 9.56. The van der Waals surface area contributed by atoms with Gasteiger partial charge in [-0.05, 0) is 48.6 Å². The number of amides is 1. The Bertz CT molecular complexity index is 780. The highest BCUT2D eigenvalue weighted by atomic mass is 16.5. The van der Waals surface area contributed by atoms with Crippen LogP contribution in [0.1, 0.15) is 43.4 Å². The van der Waals surface area contributed by atoms with Crippen molar-refractivity contribution in [3.63, 3.8) is 0 Å². The van der Waals surface area contributed by atoms with Gasteiger partial charge in [-0.3, -0.25) is 4.79 Å². The van der Waals surface area contributed by atoms with Crippen LogP contribution in [0.15, 0.2) is 59.7 Å². The van der Waals surface area contributed by atoms with Crippen molar-refractivity contribution in [2.45, 2.75) is 39.7 Å². The number of hydrogen-bond donors (Lipinski definition) is 1. The van der Waals surface area contributed by atoms with E-state index in [4.69, 9.17) is 4.74 Å². The molecular formula is C22H26N2O2. The molecule has 2 rings (SSSR count). The van der Waals surface area contributed by atoms with Crippen molar-refractivity contribution in [2.24, 2.45) is 5.10 Å². The summed E-state index contributed by atoms with van der Waals surface area (Å²) in [7, 11) is 0. The molecule has 1 amide bonds. The molecule has 0 aromatic heterocycles. The lowest BCUT2D eigenvalue weighted by Gasteiger charge is -2.16. The van der Waals surface area contributed by atoms with Gasteiger partial charge in [0.2, 0.25) is 0 Å². The van der Waals surface area contributed by atoms with E-state index < -0.39 is 6.10 Å². The number of hydrazone groups is 1. The number of allylic oxidation sites excluding steroid dienone is 1. The molecule has 26 heavy (non-hydrogen) atoms. The smallest absolute Gasteiger partial charge is 0.280 e. The zero-order valence-corrected chi connectivity index (χ0v) is 15.8. The van der Waals surface area contributed by atoms with Gasteiger partial charge in [0.15, 0.2) is 6.10 Å². The van der Waals surface area contributed by atoms with Gasteiger partial charge in [0.1, 0.15) is 5.75 Å². The second-order valence-electron chi connectivity index (χ2n) is 6.46. The fourth-order valence-corrected chi connectivity index (χ4v) is 2.30. The SMILES string of the molecule is Cc1ccc(C(C)C)cc1O[C@H](C)C(=O)NN=C/C=C/c1ccccc1. The van der Waals surface area contributed by atoms with Crippen molar-refractivity contribution in [2.75, 3.05) is 0 Å². The number of nitrogens with one attached hydrogen (secondary N) is 1. The molecule has 0 heterocycles. The predicted molar refractivity (Wildman–Crippen MR) is 107 cm³/mol. The summed E-state index contributed by atoms with van der Waals surface area (Å²) in [6.07, 6.45) is 4.60. The Hall–Kier alpha value is -2.88. The van der Waals surface area contributed by atoms with Crippen molar-refractivity contribution < 1.29 is 9.53 Å². The fourth-order valence-electron chi connectivity index (χ4n) is 2.30. The Labute approximate surface area is 155 Å². The van der Waals surface area contributed by atoms with Gasteiger partial charge in [-0.1, -0.05) is 62.4 Å². The number of carbonyl (C=O) groups is 1. The van der Waals surface area contributed by atoms with Gasteiger partial charge in [0, 0.05) is 6.21 Å². The Kier molecular flexibility index (Phi) is 7.15. The first-order chi connectivity index (χ1) is 12.5. The molecule has 1 atom stereocenters. The maximum absolute atomic E-state index is 12.1. The van der Waals surface area contributed by atoms with Crippen molar-refractivity contribution in [3.8, 4) is 5.75 Å². The van der Waals surface area contributed by atoms with Crippen LogP contribution in [-0.2, 0) is 4.79 Å². The molecule has 0 spiro atoms. The lowest BCUT2D eigenvalue weighted by molar-refractivity contribution is -0.127. The Morgan fingerprint density at radius 3 is 2.54 bits per heavy atom. The third kappa shape index (κ3) is 5.88. The Morgan fingerprint density at radius 1 is 1.12 bits per heavy atom. The summed E-state index contributed by atoms with van der Waals surface area (Å²) in [6.45, 7) is 7.94. The van der Waals surface area contributed by atoms with Gasteiger partial charge in [-0.2, -0.15) is 5.10 Å². The summed E-state index contributed by atoms with van der Waals surface area (Å²) >= 11 is 0. The third-order valence-corrected chi connectivity index (χ3v) is 3.98. The van der Waals surface area contributed by atoms with Crippen molar-refractivity contribution >= 4 is 18.2 Å². The molecule has 0 aliphatic heterocycles. The molecule has 0 bridgehead atoms. The number of carbonyl (C=O) groups excluding carboxylic acids is 1. The number of hydrogen-bond acceptors (Lipinski definition) is 3. The third-order valence-electron chi connectivity index (χ3n) is 3.98. The van der Waals surface area contributed by atoms with Crippen LogP contribution in [0.5, 0.6) is 5.75 Å². The highest BCUT2D eigenvalue weighted by molar-refractivity contribution is 5.83. The maximum Gasteiger partial charge on any atom is 0.280 e. The van der Waals surface area contributed by atoms with Crippen molar-refractivity contribution in [1.29, 1.82) is 0 Å². The molecule has 1 N–H and O–H groups in total. The monoisotopic (exact) mass is 350 g/mol. The molecule has 4 nitrogen and oxygen atoms in total. The Balaban J connectivity index is 1.88. The zero-order valence-electron chi connectivity index (χ0n) is 15.8. The van der Waals surface area contributed by atoms with E-state index >= 15 is 0 Å². The summed E-state index contributed by atoms with van der Waals surface area (Å²) in [6, 6.07) is 16.0. The van der Waals surface area contributed by atoms with Crippen LogP contribution >= 0.6 is 0 Å². The topological polar surface area (TPSA) is 50.7 Å². The number of nitrogens with zero attached hydrogens (tertiary/aromatic N) is 1. The maximum atomic E-state index is 12.1. The number of ether oxygens (including phenoxy) is 1. The van der Waals surface area contributed by atoms with Crippen LogP contribution in [0, 0.1) is 6.92 Å². The molecule has 0 unspecified atom stereocenters. The molecule has 2 aromatic rings. The summed E-state index contributed by atoms with van der Waals surface area (Å²) in [5.41, 5.74) is 5.76. The quantitative estimate of drug-likeness (QED) is 0.581. The van der Waals surface area contributed by atoms with Gasteiger partial charge in [-0.25, -0.2) is 5.43 Å². The van der Waals surface area contributed by atoms with E-state index in [1.165, 1.54) is 5.56 Å². The lowest BCUT2D eigenvalue weighted by atomic mass is 10.0. The van der Waals surface area contributed by atoms with E-state index in [1.54, 1.807) is 19.2 Å². The van der Waals surface area contributed by atoms with Gasteiger partial charge < -0.3 is 4.74 Å². The largest absolute Gasteiger partial charge is 0.481 e. The molecule has 136 valence electrons. The summed E-state index contributed by atoms with van der Waals surface area (Å²) in [5.74, 6) is 0.846. The number of rotatable bonds is 7. The van der Waals surface area contributed by atoms with E-state index in [1.807, 2.05) is 55.5 Å². The minimum absolute atomic E-state index is 0.288. The van der Waals surface area contributed by atoms with Crippen LogP contribution in [0.3, 0.4) is 0 Å². The lowest BCUT2D eigenvalue weighted by Crippen LogP contribution is -2.33. The van der Waals surface area contributed by atoms with E-state index in [-0.39, 0.29) is 5.91 Å². The molecule has 0 saturated heterocycles. The summed E-state index contributed by atoms with van der Waals surface area (Å²) in [5, 5.41) is 3.93. The predicted octanol–water partition coefficient (Wildman–Crippen LogP) is 4.70. The summed E-state index contributed by atoms with van der Waals surface area (Å²) < 4.78 is 5.82. The molecule has 0 aliphatic carbocycles. The fraction of sp³-hybridized carbons (Fsp3) is 0.273. The zero-order chi connectivity index (χ0) is 18.9. The van der Waals surface area contributed by atoms with Gasteiger partial charge in [0.25, 0.3) is 5.91 Å². The van der Waals surface area contributed by atoms with Gasteiger partial charge in [-0.15, -0.1) is 0 Å². The first-order valence-electron chi connectivity index (χ1n) is 8.79. The Morgan fingerprint density at radius 2 is 1.85 bits per heavy atom. The molecule has 0 aliphatic rings. The summed E-state index contributed by atoms with van der Waals surface area (Å²) in [4.78, 5) is 12.1. The molecule has 4 heteroatoms. The minimum Gasteiger partial charge on any atom is -0.481 e. The normalized spacial score (nSPS) is 12.7. The first kappa shape index (κ1) is 19.4. The molecule has 2 aromatic carbocycles. The minimum atomic E-state index is -0.633. The highest BCUT2D eigenvalue weighted by Crippen LogP contribution is 2.25. The average Bonchev–Trinajstić information content (AvgIpc) is 2.63. The van der Waals surface area contributed by atoms with E-state index in [2.05, 4.69) is 30.4 Å². The standard InChI is InChI=1S/C22H26N2O2/c1-16(2)20-13-12-17(3)21(15-20)26-18(4)22(25)24-23-14-8-11-19-9-6-5-7-10-19/h5-16,18H,1-4H3,(H,24,25)/b11-8+,23-14?/t18-/m1/s1. The molecular weight excluding hydrogens is 324 g/mol. The van der Waals surface area contributed by atoms with Crippen LogP contribution in [0.2, 0.25) is 0 Å². The molecule has 0 radical (unpaired) electrons. The van der Waals surface area contributed by atoms with Gasteiger partial charge in [0.05, 0.1) is 0 Å². The van der Waals surface area contributed by atoms with Crippen LogP contribution < -0.4 is 10.2 Å². The number of benzene rings is 2. The van der Waals surface area contributed by atoms with Crippen molar-refractivity contribution in [3.05, 3.63) is 71.3 Å². The molecule has 0 saturated carbocycles. The van der Waals surface area contributed by atoms with Crippen LogP contribution in [0.25, 0.3) is 6.08 Å². The number of aryl methyl sites for hydroxylation is 1. The van der Waals surface area contributed by atoms with E-state index in [0.717, 1.165) is 16.9 Å². The highest BCUT2D eigenvalue weighted by Gasteiger charge is 2.15. The van der Waals surface area contributed by atoms with Gasteiger partial charge >= 0.3 is 0 Å². The van der Waals surface area contributed by atoms with Crippen LogP contribution in [-0.4, -0.2) is 18.2 Å². The second-order valence-corrected chi connectivity index (χ2v) is 6.46. The van der Waals surface area contributed by atoms with E-state index in [9.17, 15) is 4.79 Å². The van der Waals surface area contributed by atoms with E-state index in [0.29, 0.717) is 5.92 Å². The van der Waals surface area contributed by atoms with Crippen LogP contribution in [0.4, 0.5) is 0 Å². The first-order valence-corrected chi connectivity index (χ1v) is 8.79.